The summed E-state index contributed by atoms with van der Waals surface area (Å²) >= 11 is 0. The maximum atomic E-state index is 12.5. The second-order valence-electron chi connectivity index (χ2n) is 5.99. The van der Waals surface area contributed by atoms with Crippen molar-refractivity contribution in [2.75, 3.05) is 18.5 Å². The summed E-state index contributed by atoms with van der Waals surface area (Å²) in [4.78, 5) is 12.5. The predicted octanol–water partition coefficient (Wildman–Crippen LogP) is 2.72. The SMILES string of the molecule is CCc1c(C(=O)Nc2ccc(OCCO)cc2)cnn1CC(C)C. The summed E-state index contributed by atoms with van der Waals surface area (Å²) in [7, 11) is 0. The van der Waals surface area contributed by atoms with Crippen LogP contribution in [0.15, 0.2) is 30.5 Å². The molecule has 0 saturated carbocycles. The summed E-state index contributed by atoms with van der Waals surface area (Å²) in [5.41, 5.74) is 2.25. The van der Waals surface area contributed by atoms with Crippen LogP contribution in [0.5, 0.6) is 5.75 Å². The fraction of sp³-hybridized carbons (Fsp3) is 0.444. The number of anilines is 1. The van der Waals surface area contributed by atoms with E-state index in [0.717, 1.165) is 18.7 Å². The van der Waals surface area contributed by atoms with Gasteiger partial charge in [0.1, 0.15) is 12.4 Å². The first-order valence-electron chi connectivity index (χ1n) is 8.24. The molecule has 2 N–H and O–H groups in total. The minimum Gasteiger partial charge on any atom is -0.491 e. The Morgan fingerprint density at radius 1 is 1.33 bits per heavy atom. The van der Waals surface area contributed by atoms with Crippen molar-refractivity contribution in [1.82, 2.24) is 9.78 Å². The highest BCUT2D eigenvalue weighted by atomic mass is 16.5. The molecule has 130 valence electrons. The fourth-order valence-electron chi connectivity index (χ4n) is 2.47. The Morgan fingerprint density at radius 2 is 2.04 bits per heavy atom. The highest BCUT2D eigenvalue weighted by molar-refractivity contribution is 6.04. The molecule has 0 aliphatic carbocycles. The molecule has 6 heteroatoms. The molecular weight excluding hydrogens is 306 g/mol. The van der Waals surface area contributed by atoms with Gasteiger partial charge >= 0.3 is 0 Å². The van der Waals surface area contributed by atoms with Crippen LogP contribution in [0.1, 0.15) is 36.8 Å². The second kappa shape index (κ2) is 8.49. The van der Waals surface area contributed by atoms with E-state index in [1.54, 1.807) is 30.5 Å². The molecular formula is C18H25N3O3. The molecule has 0 saturated heterocycles. The first-order chi connectivity index (χ1) is 11.5. The van der Waals surface area contributed by atoms with E-state index < -0.39 is 0 Å². The van der Waals surface area contributed by atoms with E-state index in [4.69, 9.17) is 9.84 Å². The van der Waals surface area contributed by atoms with Gasteiger partial charge in [-0.25, -0.2) is 0 Å². The summed E-state index contributed by atoms with van der Waals surface area (Å²) < 4.78 is 7.21. The molecule has 1 amide bonds. The third-order valence-electron chi connectivity index (χ3n) is 3.54. The van der Waals surface area contributed by atoms with Gasteiger partial charge in [-0.05, 0) is 36.6 Å². The summed E-state index contributed by atoms with van der Waals surface area (Å²) in [5.74, 6) is 0.963. The van der Waals surface area contributed by atoms with Crippen LogP contribution >= 0.6 is 0 Å². The molecule has 0 fully saturated rings. The van der Waals surface area contributed by atoms with Gasteiger partial charge in [-0.1, -0.05) is 20.8 Å². The standard InChI is InChI=1S/C18H25N3O3/c1-4-17-16(11-19-21(17)12-13(2)3)18(23)20-14-5-7-15(8-6-14)24-10-9-22/h5-8,11,13,22H,4,9-10,12H2,1-3H3,(H,20,23). The molecule has 1 aromatic carbocycles. The monoisotopic (exact) mass is 331 g/mol. The molecule has 2 aromatic rings. The first-order valence-corrected chi connectivity index (χ1v) is 8.24. The van der Waals surface area contributed by atoms with Crippen molar-refractivity contribution in [2.24, 2.45) is 5.92 Å². The zero-order chi connectivity index (χ0) is 17.5. The summed E-state index contributed by atoms with van der Waals surface area (Å²) in [5, 5.41) is 16.0. The van der Waals surface area contributed by atoms with E-state index in [1.807, 2.05) is 11.6 Å². The first kappa shape index (κ1) is 18.0. The lowest BCUT2D eigenvalue weighted by Crippen LogP contribution is -2.15. The average molecular weight is 331 g/mol. The molecule has 6 nitrogen and oxygen atoms in total. The normalized spacial score (nSPS) is 10.9. The second-order valence-corrected chi connectivity index (χ2v) is 5.99. The van der Waals surface area contributed by atoms with Crippen LogP contribution in [0.2, 0.25) is 0 Å². The van der Waals surface area contributed by atoms with Gasteiger partial charge in [0.25, 0.3) is 5.91 Å². The molecule has 0 aliphatic heterocycles. The number of hydrogen-bond donors (Lipinski definition) is 2. The summed E-state index contributed by atoms with van der Waals surface area (Å²) in [6.45, 7) is 7.30. The third kappa shape index (κ3) is 4.58. The van der Waals surface area contributed by atoms with Crippen LogP contribution in [0.3, 0.4) is 0 Å². The Kier molecular flexibility index (Phi) is 6.37. The Labute approximate surface area is 142 Å². The number of rotatable bonds is 8. The molecule has 0 radical (unpaired) electrons. The number of hydrogen-bond acceptors (Lipinski definition) is 4. The van der Waals surface area contributed by atoms with Crippen molar-refractivity contribution < 1.29 is 14.6 Å². The van der Waals surface area contributed by atoms with Crippen molar-refractivity contribution in [3.8, 4) is 5.75 Å². The van der Waals surface area contributed by atoms with Gasteiger partial charge in [-0.15, -0.1) is 0 Å². The Morgan fingerprint density at radius 3 is 2.62 bits per heavy atom. The number of benzene rings is 1. The number of nitrogens with one attached hydrogen (secondary N) is 1. The lowest BCUT2D eigenvalue weighted by atomic mass is 10.1. The smallest absolute Gasteiger partial charge is 0.259 e. The molecule has 0 atom stereocenters. The van der Waals surface area contributed by atoms with Crippen molar-refractivity contribution >= 4 is 11.6 Å². The van der Waals surface area contributed by atoms with Gasteiger partial charge in [-0.3, -0.25) is 9.48 Å². The van der Waals surface area contributed by atoms with Crippen LogP contribution in [0, 0.1) is 5.92 Å². The quantitative estimate of drug-likeness (QED) is 0.780. The van der Waals surface area contributed by atoms with Gasteiger partial charge in [0.15, 0.2) is 0 Å². The molecule has 0 spiro atoms. The minimum atomic E-state index is -0.161. The maximum absolute atomic E-state index is 12.5. The average Bonchev–Trinajstić information content (AvgIpc) is 2.96. The van der Waals surface area contributed by atoms with E-state index in [9.17, 15) is 4.79 Å². The van der Waals surface area contributed by atoms with Crippen LogP contribution in [0.25, 0.3) is 0 Å². The van der Waals surface area contributed by atoms with Gasteiger partial charge in [-0.2, -0.15) is 5.10 Å². The molecule has 1 heterocycles. The van der Waals surface area contributed by atoms with Crippen molar-refractivity contribution in [3.05, 3.63) is 41.7 Å². The van der Waals surface area contributed by atoms with Gasteiger partial charge in [0.05, 0.1) is 24.1 Å². The number of aliphatic hydroxyl groups is 1. The molecule has 0 unspecified atom stereocenters. The number of nitrogens with zero attached hydrogens (tertiary/aromatic N) is 2. The topological polar surface area (TPSA) is 76.4 Å². The van der Waals surface area contributed by atoms with Crippen molar-refractivity contribution in [3.63, 3.8) is 0 Å². The predicted molar refractivity (Wildman–Crippen MR) is 93.4 cm³/mol. The number of aliphatic hydroxyl groups excluding tert-OH is 1. The largest absolute Gasteiger partial charge is 0.491 e. The number of carbonyl (C=O) groups is 1. The zero-order valence-corrected chi connectivity index (χ0v) is 14.5. The van der Waals surface area contributed by atoms with Crippen LogP contribution in [-0.4, -0.2) is 34.0 Å². The fourth-order valence-corrected chi connectivity index (χ4v) is 2.47. The summed E-state index contributed by atoms with van der Waals surface area (Å²) in [6, 6.07) is 7.06. The van der Waals surface area contributed by atoms with Crippen LogP contribution in [-0.2, 0) is 13.0 Å². The van der Waals surface area contributed by atoms with Crippen molar-refractivity contribution in [1.29, 1.82) is 0 Å². The molecule has 1 aromatic heterocycles. The maximum Gasteiger partial charge on any atom is 0.259 e. The molecule has 2 rings (SSSR count). The lowest BCUT2D eigenvalue weighted by molar-refractivity contribution is 0.102. The van der Waals surface area contributed by atoms with E-state index in [-0.39, 0.29) is 19.1 Å². The van der Waals surface area contributed by atoms with Crippen molar-refractivity contribution in [2.45, 2.75) is 33.7 Å². The number of carbonyl (C=O) groups excluding carboxylic acids is 1. The Hall–Kier alpha value is -2.34. The van der Waals surface area contributed by atoms with E-state index in [2.05, 4.69) is 24.3 Å². The molecule has 24 heavy (non-hydrogen) atoms. The van der Waals surface area contributed by atoms with Gasteiger partial charge in [0.2, 0.25) is 0 Å². The Bertz CT molecular complexity index is 663. The van der Waals surface area contributed by atoms with E-state index in [0.29, 0.717) is 22.9 Å². The number of aromatic nitrogens is 2. The van der Waals surface area contributed by atoms with E-state index >= 15 is 0 Å². The minimum absolute atomic E-state index is 0.0291. The van der Waals surface area contributed by atoms with E-state index in [1.165, 1.54) is 0 Å². The van der Waals surface area contributed by atoms with Gasteiger partial charge in [0, 0.05) is 12.2 Å². The highest BCUT2D eigenvalue weighted by Crippen LogP contribution is 2.18. The van der Waals surface area contributed by atoms with Gasteiger partial charge < -0.3 is 15.2 Å². The summed E-state index contributed by atoms with van der Waals surface area (Å²) in [6.07, 6.45) is 2.39. The van der Waals surface area contributed by atoms with Crippen LogP contribution in [0.4, 0.5) is 5.69 Å². The highest BCUT2D eigenvalue weighted by Gasteiger charge is 2.16. The number of amides is 1. The third-order valence-corrected chi connectivity index (χ3v) is 3.54. The van der Waals surface area contributed by atoms with Crippen LogP contribution < -0.4 is 10.1 Å². The Balaban J connectivity index is 2.08. The molecule has 0 bridgehead atoms. The zero-order valence-electron chi connectivity index (χ0n) is 14.5. The number of ether oxygens (including phenoxy) is 1. The lowest BCUT2D eigenvalue weighted by Gasteiger charge is -2.10. The molecule has 0 aliphatic rings.